The van der Waals surface area contributed by atoms with Crippen LogP contribution in [-0.2, 0) is 9.63 Å². The maximum Gasteiger partial charge on any atom is 0.276 e. The maximum absolute atomic E-state index is 13.2. The first-order chi connectivity index (χ1) is 12.0. The molecule has 0 fully saturated rings. The maximum atomic E-state index is 13.2. The normalized spacial score (nSPS) is 9.84. The number of hydrogen-bond donors (Lipinski definition) is 3. The molecule has 6 heteroatoms. The number of hydrogen-bond acceptors (Lipinski definition) is 4. The van der Waals surface area contributed by atoms with Crippen LogP contribution in [0.15, 0.2) is 48.1 Å². The van der Waals surface area contributed by atoms with Gasteiger partial charge in [0.15, 0.2) is 0 Å². The van der Waals surface area contributed by atoms with Crippen molar-refractivity contribution in [3.8, 4) is 0 Å². The fraction of sp³-hybridized carbons (Fsp3) is 0.526. The zero-order chi connectivity index (χ0) is 20.8. The van der Waals surface area contributed by atoms with Crippen LogP contribution in [0.5, 0.6) is 0 Å². The molecule has 5 nitrogen and oxygen atoms in total. The zero-order valence-electron chi connectivity index (χ0n) is 17.1. The number of amides is 1. The van der Waals surface area contributed by atoms with Gasteiger partial charge in [-0.1, -0.05) is 60.8 Å². The van der Waals surface area contributed by atoms with Crippen LogP contribution in [0.1, 0.15) is 55.4 Å². The highest BCUT2D eigenvalue weighted by atomic mass is 19.1. The van der Waals surface area contributed by atoms with Crippen LogP contribution < -0.4 is 10.8 Å². The van der Waals surface area contributed by atoms with Gasteiger partial charge in [0.05, 0.1) is 24.5 Å². The summed E-state index contributed by atoms with van der Waals surface area (Å²) in [4.78, 5) is 16.4. The minimum absolute atomic E-state index is 0.0101. The van der Waals surface area contributed by atoms with Crippen molar-refractivity contribution in [3.05, 3.63) is 48.1 Å². The fourth-order valence-electron chi connectivity index (χ4n) is 1.14. The van der Waals surface area contributed by atoms with Crippen LogP contribution in [0.2, 0.25) is 0 Å². The molecule has 25 heavy (non-hydrogen) atoms. The van der Waals surface area contributed by atoms with Gasteiger partial charge in [0.1, 0.15) is 5.83 Å². The third-order valence-corrected chi connectivity index (χ3v) is 2.06. The second-order valence-electron chi connectivity index (χ2n) is 3.42. The largest absolute Gasteiger partial charge is 0.394 e. The van der Waals surface area contributed by atoms with Crippen LogP contribution in [0.3, 0.4) is 0 Å². The summed E-state index contributed by atoms with van der Waals surface area (Å²) in [7, 11) is 0. The van der Waals surface area contributed by atoms with Crippen LogP contribution in [0.25, 0.3) is 0 Å². The average molecular weight is 361 g/mol. The fourth-order valence-corrected chi connectivity index (χ4v) is 1.14. The van der Waals surface area contributed by atoms with Gasteiger partial charge in [-0.3, -0.25) is 9.63 Å². The second-order valence-corrected chi connectivity index (χ2v) is 3.42. The second kappa shape index (κ2) is 24.3. The van der Waals surface area contributed by atoms with Gasteiger partial charge >= 0.3 is 0 Å². The Balaban J connectivity index is -0.000000329. The molecule has 0 unspecified atom stereocenters. The summed E-state index contributed by atoms with van der Waals surface area (Å²) in [5, 5.41) is 11.1. The van der Waals surface area contributed by atoms with E-state index < -0.39 is 11.7 Å². The minimum Gasteiger partial charge on any atom is -0.394 e. The molecule has 0 aromatic rings. The van der Waals surface area contributed by atoms with E-state index in [1.165, 1.54) is 19.1 Å². The molecule has 0 aromatic heterocycles. The molecule has 0 rings (SSSR count). The van der Waals surface area contributed by atoms with E-state index in [1.807, 2.05) is 41.5 Å². The summed E-state index contributed by atoms with van der Waals surface area (Å²) in [6.07, 6.45) is 2.73. The highest BCUT2D eigenvalue weighted by Crippen LogP contribution is 2.12. The lowest BCUT2D eigenvalue weighted by Gasteiger charge is -2.13. The molecule has 0 aliphatic rings. The summed E-state index contributed by atoms with van der Waals surface area (Å²) >= 11 is 0. The first kappa shape index (κ1) is 30.9. The standard InChI is InChI=1S/C13H19FN2O3.3C2H6/c1-5-11(13(18)16-19-8-7-17)9(3)15-10(4)12(14)6-2;3*1-2/h5-6,15,17H,3-4,7-8H2,1-2H3,(H,16,18);3*1-2H3/b11-5+,12-6+;;;. The predicted octanol–water partition coefficient (Wildman–Crippen LogP) is 4.54. The molecule has 0 atom stereocenters. The Morgan fingerprint density at radius 1 is 1.04 bits per heavy atom. The molecule has 0 spiro atoms. The van der Waals surface area contributed by atoms with Crippen molar-refractivity contribution in [2.45, 2.75) is 55.4 Å². The number of aliphatic hydroxyl groups is 1. The first-order valence-corrected chi connectivity index (χ1v) is 8.64. The summed E-state index contributed by atoms with van der Waals surface area (Å²) < 4.78 is 13.2. The molecule has 148 valence electrons. The summed E-state index contributed by atoms with van der Waals surface area (Å²) in [6, 6.07) is 0. The molecular weight excluding hydrogens is 323 g/mol. The number of nitrogens with one attached hydrogen (secondary N) is 2. The molecule has 3 N–H and O–H groups in total. The molecular formula is C19H37FN2O3. The lowest BCUT2D eigenvalue weighted by atomic mass is 10.2. The molecule has 1 amide bonds. The van der Waals surface area contributed by atoms with Crippen molar-refractivity contribution in [1.29, 1.82) is 0 Å². The third-order valence-electron chi connectivity index (χ3n) is 2.06. The predicted molar refractivity (Wildman–Crippen MR) is 105 cm³/mol. The van der Waals surface area contributed by atoms with E-state index in [9.17, 15) is 9.18 Å². The number of aliphatic hydroxyl groups excluding tert-OH is 1. The number of halogens is 1. The van der Waals surface area contributed by atoms with Crippen molar-refractivity contribution < 1.29 is 19.1 Å². The Morgan fingerprint density at radius 2 is 1.52 bits per heavy atom. The molecule has 0 aliphatic heterocycles. The van der Waals surface area contributed by atoms with Crippen LogP contribution in [0, 0.1) is 0 Å². The van der Waals surface area contributed by atoms with Gasteiger partial charge in [-0.25, -0.2) is 9.87 Å². The van der Waals surface area contributed by atoms with E-state index in [0.717, 1.165) is 0 Å². The minimum atomic E-state index is -0.554. The van der Waals surface area contributed by atoms with E-state index in [2.05, 4.69) is 28.8 Å². The van der Waals surface area contributed by atoms with Crippen molar-refractivity contribution >= 4 is 5.91 Å². The van der Waals surface area contributed by atoms with Gasteiger partial charge in [0.2, 0.25) is 0 Å². The molecule has 0 bridgehead atoms. The monoisotopic (exact) mass is 360 g/mol. The van der Waals surface area contributed by atoms with E-state index in [0.29, 0.717) is 0 Å². The summed E-state index contributed by atoms with van der Waals surface area (Å²) in [5.41, 5.74) is 2.51. The number of rotatable bonds is 8. The van der Waals surface area contributed by atoms with Gasteiger partial charge in [-0.15, -0.1) is 0 Å². The Bertz CT molecular complexity index is 417. The van der Waals surface area contributed by atoms with E-state index in [-0.39, 0.29) is 30.2 Å². The van der Waals surface area contributed by atoms with Crippen molar-refractivity contribution in [2.24, 2.45) is 0 Å². The third kappa shape index (κ3) is 16.7. The first-order valence-electron chi connectivity index (χ1n) is 8.64. The Kier molecular flexibility index (Phi) is 30.1. The van der Waals surface area contributed by atoms with Gasteiger partial charge in [-0.05, 0) is 19.9 Å². The van der Waals surface area contributed by atoms with E-state index >= 15 is 0 Å². The van der Waals surface area contributed by atoms with Gasteiger partial charge < -0.3 is 10.4 Å². The van der Waals surface area contributed by atoms with Gasteiger partial charge in [-0.2, -0.15) is 0 Å². The highest BCUT2D eigenvalue weighted by Gasteiger charge is 2.13. The Hall–Kier alpha value is -1.92. The van der Waals surface area contributed by atoms with Gasteiger partial charge in [0.25, 0.3) is 5.91 Å². The molecule has 0 aromatic carbocycles. The Labute approximate surface area is 153 Å². The van der Waals surface area contributed by atoms with Crippen LogP contribution in [0.4, 0.5) is 4.39 Å². The summed E-state index contributed by atoms with van der Waals surface area (Å²) in [5.74, 6) is -1.09. The number of carbonyl (C=O) groups is 1. The molecule has 0 radical (unpaired) electrons. The SMILES string of the molecule is C=C(NC(=C)/C(=C\C)C(=O)NOCCO)/C(F)=C\C.CC.CC.CC. The van der Waals surface area contributed by atoms with E-state index in [1.54, 1.807) is 6.92 Å². The average Bonchev–Trinajstić information content (AvgIpc) is 2.66. The molecule has 0 saturated carbocycles. The zero-order valence-corrected chi connectivity index (χ0v) is 17.1. The van der Waals surface area contributed by atoms with Crippen LogP contribution >= 0.6 is 0 Å². The number of hydroxylamine groups is 1. The lowest BCUT2D eigenvalue weighted by Crippen LogP contribution is -2.29. The smallest absolute Gasteiger partial charge is 0.276 e. The highest BCUT2D eigenvalue weighted by molar-refractivity contribution is 5.96. The van der Waals surface area contributed by atoms with E-state index in [4.69, 9.17) is 5.11 Å². The summed E-state index contributed by atoms with van der Waals surface area (Å²) in [6.45, 7) is 22.0. The molecule has 0 heterocycles. The van der Waals surface area contributed by atoms with Gasteiger partial charge in [0, 0.05) is 5.70 Å². The lowest BCUT2D eigenvalue weighted by molar-refractivity contribution is -0.130. The topological polar surface area (TPSA) is 70.6 Å². The molecule has 0 saturated heterocycles. The number of allylic oxidation sites excluding steroid dienone is 3. The molecule has 0 aliphatic carbocycles. The van der Waals surface area contributed by atoms with Crippen molar-refractivity contribution in [3.63, 3.8) is 0 Å². The van der Waals surface area contributed by atoms with Crippen LogP contribution in [-0.4, -0.2) is 24.2 Å². The van der Waals surface area contributed by atoms with Crippen molar-refractivity contribution in [2.75, 3.05) is 13.2 Å². The van der Waals surface area contributed by atoms with Crippen molar-refractivity contribution in [1.82, 2.24) is 10.8 Å². The number of carbonyl (C=O) groups excluding carboxylic acids is 1. The quantitative estimate of drug-likeness (QED) is 0.257. The Morgan fingerprint density at radius 3 is 1.88 bits per heavy atom.